The Hall–Kier alpha value is -3.28. The van der Waals surface area contributed by atoms with Gasteiger partial charge >= 0.3 is 0 Å². The molecule has 10 nitrogen and oxygen atoms in total. The van der Waals surface area contributed by atoms with Crippen molar-refractivity contribution < 1.29 is 39.2 Å². The highest BCUT2D eigenvalue weighted by atomic mass is 19.1. The quantitative estimate of drug-likeness (QED) is 0.347. The van der Waals surface area contributed by atoms with Gasteiger partial charge in [0.2, 0.25) is 5.78 Å². The molecule has 1 aromatic carbocycles. The first-order valence-corrected chi connectivity index (χ1v) is 12.7. The SMILES string of the molecule is CN1CC[C@@H]2Cc3c(O)c4c(c(F)c3C21)C[C@H]1C[C@H]2[C@H](N(C)C)C(=O)C(C(N)=O)=C(O)[C@@]2(O)C(=O)C1=C4O. The summed E-state index contributed by atoms with van der Waals surface area (Å²) in [5.74, 6) is -7.70. The van der Waals surface area contributed by atoms with Crippen molar-refractivity contribution in [3.63, 3.8) is 0 Å². The van der Waals surface area contributed by atoms with E-state index in [-0.39, 0.29) is 47.3 Å². The number of Topliss-reactive ketones (excluding diaryl/α,β-unsaturated/α-hetero) is 2. The molecular weight excluding hydrogens is 497 g/mol. The number of hydrogen-bond acceptors (Lipinski definition) is 9. The van der Waals surface area contributed by atoms with E-state index >= 15 is 4.39 Å². The number of phenols is 1. The number of fused-ring (bicyclic) bond motifs is 6. The Kier molecular flexibility index (Phi) is 5.18. The number of rotatable bonds is 2. The first-order valence-electron chi connectivity index (χ1n) is 12.7. The first kappa shape index (κ1) is 25.0. The summed E-state index contributed by atoms with van der Waals surface area (Å²) in [6.07, 6.45) is 1.15. The number of halogens is 1. The van der Waals surface area contributed by atoms with E-state index < -0.39 is 63.9 Å². The molecule has 0 bridgehead atoms. The van der Waals surface area contributed by atoms with Crippen molar-refractivity contribution in [2.45, 2.75) is 43.4 Å². The highest BCUT2D eigenvalue weighted by Gasteiger charge is 2.64. The van der Waals surface area contributed by atoms with Crippen LogP contribution in [0.3, 0.4) is 0 Å². The molecule has 0 radical (unpaired) electrons. The third-order valence-corrected chi connectivity index (χ3v) is 9.50. The highest BCUT2D eigenvalue weighted by Crippen LogP contribution is 2.57. The smallest absolute Gasteiger partial charge is 0.255 e. The third kappa shape index (κ3) is 2.84. The maximum absolute atomic E-state index is 16.2. The number of phenolic OH excluding ortho intramolecular Hbond substituents is 1. The van der Waals surface area contributed by atoms with Crippen LogP contribution >= 0.6 is 0 Å². The van der Waals surface area contributed by atoms with Gasteiger partial charge < -0.3 is 26.2 Å². The molecule has 11 heteroatoms. The molecular formula is C27H30FN3O7. The number of aromatic hydroxyl groups is 1. The van der Waals surface area contributed by atoms with E-state index in [1.54, 1.807) is 0 Å². The van der Waals surface area contributed by atoms with Crippen molar-refractivity contribution in [3.05, 3.63) is 45.0 Å². The largest absolute Gasteiger partial charge is 0.508 e. The van der Waals surface area contributed by atoms with Crippen LogP contribution in [0.15, 0.2) is 16.9 Å². The van der Waals surface area contributed by atoms with Crippen LogP contribution in [0.4, 0.5) is 4.39 Å². The average Bonchev–Trinajstić information content (AvgIpc) is 3.39. The van der Waals surface area contributed by atoms with Gasteiger partial charge in [0, 0.05) is 34.2 Å². The zero-order chi connectivity index (χ0) is 27.6. The van der Waals surface area contributed by atoms with Gasteiger partial charge in [-0.2, -0.15) is 0 Å². The number of carbonyl (C=O) groups excluding carboxylic acids is 3. The molecule has 202 valence electrons. The Labute approximate surface area is 217 Å². The van der Waals surface area contributed by atoms with Crippen LogP contribution in [0.1, 0.15) is 41.1 Å². The first-order chi connectivity index (χ1) is 17.8. The molecule has 6 atom stereocenters. The summed E-state index contributed by atoms with van der Waals surface area (Å²) < 4.78 is 16.2. The van der Waals surface area contributed by atoms with Crippen LogP contribution in [0.5, 0.6) is 5.75 Å². The molecule has 4 aliphatic carbocycles. The van der Waals surface area contributed by atoms with E-state index in [1.807, 2.05) is 7.05 Å². The molecule has 6 N–H and O–H groups in total. The summed E-state index contributed by atoms with van der Waals surface area (Å²) >= 11 is 0. The van der Waals surface area contributed by atoms with Crippen LogP contribution in [-0.4, -0.2) is 87.0 Å². The van der Waals surface area contributed by atoms with Gasteiger partial charge in [0.1, 0.15) is 28.7 Å². The zero-order valence-corrected chi connectivity index (χ0v) is 21.3. The van der Waals surface area contributed by atoms with Crippen LogP contribution in [-0.2, 0) is 27.2 Å². The Morgan fingerprint density at radius 3 is 2.47 bits per heavy atom. The summed E-state index contributed by atoms with van der Waals surface area (Å²) in [7, 11) is 4.97. The molecule has 1 aromatic rings. The molecule has 5 aliphatic rings. The molecule has 1 saturated carbocycles. The van der Waals surface area contributed by atoms with E-state index in [1.165, 1.54) is 19.0 Å². The minimum Gasteiger partial charge on any atom is -0.508 e. The standard InChI is InChI=1S/C27H30FN3O7/c1-30(2)20-13-8-10-7-11-16(21(32)12-6-9-4-5-31(3)19(9)15(12)18(11)28)22(33)14(10)24(35)27(13,38)25(36)17(23(20)34)26(29)37/h9-10,13,19-20,32-33,36,38H,4-8H2,1-3H3,(H2,29,37)/t9-,10+,13+,19?,20+,27+/m1/s1. The minimum absolute atomic E-state index is 0.0533. The van der Waals surface area contributed by atoms with Crippen molar-refractivity contribution >= 4 is 23.2 Å². The van der Waals surface area contributed by atoms with Gasteiger partial charge in [0.05, 0.1) is 11.6 Å². The van der Waals surface area contributed by atoms with Crippen molar-refractivity contribution in [2.75, 3.05) is 27.7 Å². The topological polar surface area (TPSA) is 165 Å². The van der Waals surface area contributed by atoms with Gasteiger partial charge in [-0.25, -0.2) is 4.39 Å². The fourth-order valence-electron chi connectivity index (χ4n) is 7.88. The number of benzene rings is 1. The fraction of sp³-hybridized carbons (Fsp3) is 0.519. The van der Waals surface area contributed by atoms with Gasteiger partial charge in [-0.1, -0.05) is 0 Å². The van der Waals surface area contributed by atoms with Crippen LogP contribution in [0, 0.1) is 23.6 Å². The van der Waals surface area contributed by atoms with E-state index in [0.717, 1.165) is 13.0 Å². The molecule has 0 aromatic heterocycles. The van der Waals surface area contributed by atoms with Crippen LogP contribution in [0.25, 0.3) is 5.76 Å². The third-order valence-electron chi connectivity index (χ3n) is 9.50. The Bertz CT molecular complexity index is 1420. The number of nitrogens with zero attached hydrogens (tertiary/aromatic N) is 2. The van der Waals surface area contributed by atoms with Crippen molar-refractivity contribution in [3.8, 4) is 5.75 Å². The van der Waals surface area contributed by atoms with Gasteiger partial charge in [-0.3, -0.25) is 24.2 Å². The van der Waals surface area contributed by atoms with E-state index in [9.17, 15) is 34.8 Å². The average molecular weight is 528 g/mol. The number of primary amides is 1. The lowest BCUT2D eigenvalue weighted by atomic mass is 9.57. The second kappa shape index (κ2) is 7.87. The fourth-order valence-corrected chi connectivity index (χ4v) is 7.88. The molecule has 38 heavy (non-hydrogen) atoms. The van der Waals surface area contributed by atoms with E-state index in [0.29, 0.717) is 17.5 Å². The maximum atomic E-state index is 16.2. The van der Waals surface area contributed by atoms with E-state index in [4.69, 9.17) is 5.73 Å². The number of aliphatic hydroxyl groups is 3. The second-order valence-electron chi connectivity index (χ2n) is 11.5. The number of likely N-dealkylation sites (N-methyl/N-ethyl adjacent to an activating group) is 1. The van der Waals surface area contributed by atoms with Gasteiger partial charge in [0.15, 0.2) is 11.4 Å². The number of aliphatic hydroxyl groups excluding tert-OH is 2. The van der Waals surface area contributed by atoms with Crippen LogP contribution in [0.2, 0.25) is 0 Å². The van der Waals surface area contributed by atoms with Gasteiger partial charge in [-0.15, -0.1) is 0 Å². The second-order valence-corrected chi connectivity index (χ2v) is 11.5. The number of likely N-dealkylation sites (tertiary alicyclic amines) is 1. The number of ketones is 2. The molecule has 1 amide bonds. The maximum Gasteiger partial charge on any atom is 0.255 e. The number of hydrogen-bond donors (Lipinski definition) is 5. The minimum atomic E-state index is -2.71. The van der Waals surface area contributed by atoms with Crippen molar-refractivity contribution in [1.29, 1.82) is 0 Å². The van der Waals surface area contributed by atoms with Crippen molar-refractivity contribution in [2.24, 2.45) is 23.5 Å². The number of carbonyl (C=O) groups is 3. The molecule has 1 saturated heterocycles. The predicted octanol–water partition coefficient (Wildman–Crippen LogP) is 0.652. The predicted molar refractivity (Wildman–Crippen MR) is 131 cm³/mol. The summed E-state index contributed by atoms with van der Waals surface area (Å²) in [5.41, 5.74) is 2.22. The van der Waals surface area contributed by atoms with E-state index in [2.05, 4.69) is 4.90 Å². The van der Waals surface area contributed by atoms with Crippen LogP contribution < -0.4 is 5.73 Å². The monoisotopic (exact) mass is 527 g/mol. The van der Waals surface area contributed by atoms with Crippen molar-refractivity contribution in [1.82, 2.24) is 9.80 Å². The summed E-state index contributed by atoms with van der Waals surface area (Å²) in [6, 6.07) is -1.37. The zero-order valence-electron chi connectivity index (χ0n) is 21.3. The number of amides is 1. The Morgan fingerprint density at radius 1 is 1.16 bits per heavy atom. The highest BCUT2D eigenvalue weighted by molar-refractivity contribution is 6.24. The lowest BCUT2D eigenvalue weighted by Crippen LogP contribution is -2.65. The Balaban J connectivity index is 1.56. The molecule has 2 fully saturated rings. The normalized spacial score (nSPS) is 34.3. The lowest BCUT2D eigenvalue weighted by Gasteiger charge is -2.50. The van der Waals surface area contributed by atoms with Gasteiger partial charge in [0.25, 0.3) is 5.91 Å². The molecule has 6 rings (SSSR count). The molecule has 1 aliphatic heterocycles. The lowest BCUT2D eigenvalue weighted by molar-refractivity contribution is -0.153. The summed E-state index contributed by atoms with van der Waals surface area (Å²) in [5, 5.41) is 45.2. The van der Waals surface area contributed by atoms with Gasteiger partial charge in [-0.05, 0) is 65.2 Å². The summed E-state index contributed by atoms with van der Waals surface area (Å²) in [6.45, 7) is 0.809. The number of nitrogens with two attached hydrogens (primary N) is 1. The molecule has 0 spiro atoms. The molecule has 1 unspecified atom stereocenters. The summed E-state index contributed by atoms with van der Waals surface area (Å²) in [4.78, 5) is 42.6. The molecule has 1 heterocycles. The Morgan fingerprint density at radius 2 is 1.84 bits per heavy atom.